The quantitative estimate of drug-likeness (QED) is 0.316. The number of benzene rings is 1. The Labute approximate surface area is 144 Å². The first-order valence-corrected chi connectivity index (χ1v) is 9.49. The Morgan fingerprint density at radius 3 is 2.61 bits per heavy atom. The summed E-state index contributed by atoms with van der Waals surface area (Å²) in [5, 5.41) is 0. The molecule has 1 atom stereocenters. The Hall–Kier alpha value is -1.29. The molecule has 1 rings (SSSR count). The van der Waals surface area contributed by atoms with E-state index in [1.165, 1.54) is 12.8 Å². The summed E-state index contributed by atoms with van der Waals surface area (Å²) in [4.78, 5) is 23.3. The maximum atomic E-state index is 11.8. The van der Waals surface area contributed by atoms with Crippen LogP contribution >= 0.6 is 11.8 Å². The number of thioether (sulfide) groups is 1. The van der Waals surface area contributed by atoms with Gasteiger partial charge in [-0.15, -0.1) is 11.8 Å². The van der Waals surface area contributed by atoms with Crippen LogP contribution in [-0.2, 0) is 20.7 Å². The van der Waals surface area contributed by atoms with Crippen molar-refractivity contribution in [1.82, 2.24) is 0 Å². The minimum atomic E-state index is -0.106. The van der Waals surface area contributed by atoms with Gasteiger partial charge in [-0.2, -0.15) is 0 Å². The summed E-state index contributed by atoms with van der Waals surface area (Å²) in [5.41, 5.74) is 1.02. The number of unbranched alkanes of at least 4 members (excludes halogenated alkanes) is 1. The van der Waals surface area contributed by atoms with Crippen molar-refractivity contribution in [3.8, 4) is 0 Å². The lowest BCUT2D eigenvalue weighted by atomic mass is 10.0. The van der Waals surface area contributed by atoms with Crippen LogP contribution in [0.5, 0.6) is 0 Å². The molecule has 0 spiro atoms. The molecule has 1 unspecified atom stereocenters. The number of aldehydes is 1. The van der Waals surface area contributed by atoms with Gasteiger partial charge in [0.25, 0.3) is 0 Å². The van der Waals surface area contributed by atoms with Crippen molar-refractivity contribution in [1.29, 1.82) is 0 Å². The third-order valence-corrected chi connectivity index (χ3v) is 4.85. The zero-order valence-corrected chi connectivity index (χ0v) is 15.1. The molecule has 3 nitrogen and oxygen atoms in total. The zero-order chi connectivity index (χ0) is 16.9. The average Bonchev–Trinajstić information content (AvgIpc) is 2.57. The van der Waals surface area contributed by atoms with Crippen molar-refractivity contribution < 1.29 is 14.3 Å². The molecule has 0 saturated heterocycles. The van der Waals surface area contributed by atoms with E-state index in [9.17, 15) is 9.59 Å². The van der Waals surface area contributed by atoms with Crippen LogP contribution in [0.15, 0.2) is 29.2 Å². The fourth-order valence-corrected chi connectivity index (χ4v) is 3.08. The lowest BCUT2D eigenvalue weighted by molar-refractivity contribution is -0.144. The molecule has 23 heavy (non-hydrogen) atoms. The highest BCUT2D eigenvalue weighted by Crippen LogP contribution is 2.20. The molecule has 0 aromatic heterocycles. The van der Waals surface area contributed by atoms with E-state index in [-0.39, 0.29) is 5.97 Å². The molecular formula is C19H28O3S. The van der Waals surface area contributed by atoms with Gasteiger partial charge in [-0.1, -0.05) is 45.2 Å². The number of esters is 1. The molecule has 0 heterocycles. The monoisotopic (exact) mass is 336 g/mol. The lowest BCUT2D eigenvalue weighted by Crippen LogP contribution is -2.14. The van der Waals surface area contributed by atoms with Gasteiger partial charge >= 0.3 is 5.97 Å². The summed E-state index contributed by atoms with van der Waals surface area (Å²) >= 11 is 1.64. The third-order valence-electron chi connectivity index (χ3n) is 3.84. The van der Waals surface area contributed by atoms with Crippen molar-refractivity contribution in [2.45, 2.75) is 57.3 Å². The van der Waals surface area contributed by atoms with Crippen LogP contribution in [0.2, 0.25) is 0 Å². The fraction of sp³-hybridized carbons (Fsp3) is 0.579. The average molecular weight is 336 g/mol. The Kier molecular flexibility index (Phi) is 10.5. The highest BCUT2D eigenvalue weighted by atomic mass is 32.2. The van der Waals surface area contributed by atoms with Crippen LogP contribution in [0.3, 0.4) is 0 Å². The minimum Gasteiger partial charge on any atom is -0.465 e. The lowest BCUT2D eigenvalue weighted by Gasteiger charge is -2.14. The fourth-order valence-electron chi connectivity index (χ4n) is 2.25. The van der Waals surface area contributed by atoms with Gasteiger partial charge in [-0.25, -0.2) is 0 Å². The van der Waals surface area contributed by atoms with Crippen molar-refractivity contribution in [3.63, 3.8) is 0 Å². The molecule has 0 aliphatic rings. The molecule has 0 saturated carbocycles. The van der Waals surface area contributed by atoms with Crippen molar-refractivity contribution in [3.05, 3.63) is 29.8 Å². The predicted octanol–water partition coefficient (Wildman–Crippen LogP) is 4.67. The van der Waals surface area contributed by atoms with E-state index in [0.717, 1.165) is 35.3 Å². The van der Waals surface area contributed by atoms with E-state index < -0.39 is 0 Å². The van der Waals surface area contributed by atoms with Crippen molar-refractivity contribution >= 4 is 24.0 Å². The normalized spacial score (nSPS) is 11.9. The van der Waals surface area contributed by atoms with Crippen LogP contribution in [0.1, 0.15) is 51.5 Å². The molecule has 0 aliphatic carbocycles. The second kappa shape index (κ2) is 12.2. The largest absolute Gasteiger partial charge is 0.465 e. The highest BCUT2D eigenvalue weighted by molar-refractivity contribution is 7.99. The first-order valence-electron chi connectivity index (χ1n) is 8.50. The molecule has 0 N–H and O–H groups in total. The maximum absolute atomic E-state index is 11.8. The Morgan fingerprint density at radius 1 is 1.26 bits per heavy atom. The first kappa shape index (κ1) is 19.8. The van der Waals surface area contributed by atoms with E-state index in [0.29, 0.717) is 25.4 Å². The van der Waals surface area contributed by atoms with E-state index in [4.69, 9.17) is 4.74 Å². The molecule has 0 fully saturated rings. The van der Waals surface area contributed by atoms with Gasteiger partial charge in [0, 0.05) is 17.1 Å². The zero-order valence-electron chi connectivity index (χ0n) is 14.3. The van der Waals surface area contributed by atoms with Crippen LogP contribution in [-0.4, -0.2) is 24.6 Å². The molecule has 1 aromatic carbocycles. The summed E-state index contributed by atoms with van der Waals surface area (Å²) in [7, 11) is 0. The van der Waals surface area contributed by atoms with Crippen molar-refractivity contribution in [2.24, 2.45) is 5.92 Å². The minimum absolute atomic E-state index is 0.106. The Bertz CT molecular complexity index is 456. The van der Waals surface area contributed by atoms with Gasteiger partial charge < -0.3 is 9.53 Å². The molecule has 0 aliphatic heterocycles. The summed E-state index contributed by atoms with van der Waals surface area (Å²) < 4.78 is 5.39. The topological polar surface area (TPSA) is 43.4 Å². The molecule has 4 heteroatoms. The number of rotatable bonds is 12. The van der Waals surface area contributed by atoms with E-state index in [1.807, 2.05) is 24.3 Å². The Balaban J connectivity index is 2.21. The first-order chi connectivity index (χ1) is 11.2. The van der Waals surface area contributed by atoms with Gasteiger partial charge in [0.2, 0.25) is 0 Å². The van der Waals surface area contributed by atoms with Crippen LogP contribution < -0.4 is 0 Å². The Morgan fingerprint density at radius 2 is 2.00 bits per heavy atom. The van der Waals surface area contributed by atoms with Crippen LogP contribution in [0.4, 0.5) is 0 Å². The summed E-state index contributed by atoms with van der Waals surface area (Å²) in [6.45, 7) is 4.89. The highest BCUT2D eigenvalue weighted by Gasteiger charge is 2.10. The van der Waals surface area contributed by atoms with Crippen LogP contribution in [0, 0.1) is 5.92 Å². The number of carbonyl (C=O) groups excluding carboxylic acids is 2. The smallest absolute Gasteiger partial charge is 0.306 e. The molecule has 0 radical (unpaired) electrons. The number of ether oxygens (including phenoxy) is 1. The summed E-state index contributed by atoms with van der Waals surface area (Å²) in [5.74, 6) is 1.11. The second-order valence-corrected chi connectivity index (χ2v) is 6.88. The number of carbonyl (C=O) groups is 2. The third kappa shape index (κ3) is 8.80. The summed E-state index contributed by atoms with van der Waals surface area (Å²) in [6, 6.07) is 7.89. The molecule has 1 aromatic rings. The van der Waals surface area contributed by atoms with Gasteiger partial charge in [-0.05, 0) is 30.0 Å². The SMILES string of the molecule is CCCCC(CC)COC(=O)CCSc1ccc(CC=O)cc1. The van der Waals surface area contributed by atoms with Gasteiger partial charge in [0.1, 0.15) is 6.29 Å². The summed E-state index contributed by atoms with van der Waals surface area (Å²) in [6.07, 6.45) is 6.39. The van der Waals surface area contributed by atoms with E-state index in [2.05, 4.69) is 13.8 Å². The number of hydrogen-bond donors (Lipinski definition) is 0. The molecular weight excluding hydrogens is 308 g/mol. The van der Waals surface area contributed by atoms with Gasteiger partial charge in [0.15, 0.2) is 0 Å². The van der Waals surface area contributed by atoms with Crippen LogP contribution in [0.25, 0.3) is 0 Å². The second-order valence-electron chi connectivity index (χ2n) is 5.71. The molecule has 0 amide bonds. The van der Waals surface area contributed by atoms with Crippen molar-refractivity contribution in [2.75, 3.05) is 12.4 Å². The van der Waals surface area contributed by atoms with Gasteiger partial charge in [0.05, 0.1) is 13.0 Å². The van der Waals surface area contributed by atoms with E-state index >= 15 is 0 Å². The number of hydrogen-bond acceptors (Lipinski definition) is 4. The molecule has 128 valence electrons. The predicted molar refractivity (Wildman–Crippen MR) is 95.8 cm³/mol. The van der Waals surface area contributed by atoms with E-state index in [1.54, 1.807) is 11.8 Å². The maximum Gasteiger partial charge on any atom is 0.306 e. The standard InChI is InChI=1S/C19H28O3S/c1-3-5-6-16(4-2)15-22-19(21)12-14-23-18-9-7-17(8-10-18)11-13-20/h7-10,13,16H,3-6,11-12,14-15H2,1-2H3. The van der Waals surface area contributed by atoms with Gasteiger partial charge in [-0.3, -0.25) is 4.79 Å². The molecule has 0 bridgehead atoms.